The van der Waals surface area contributed by atoms with E-state index in [0.717, 1.165) is 5.56 Å². The third-order valence-corrected chi connectivity index (χ3v) is 3.46. The van der Waals surface area contributed by atoms with Crippen molar-refractivity contribution in [1.29, 1.82) is 0 Å². The number of hydrogen-bond donors (Lipinski definition) is 1. The molecule has 0 spiro atoms. The molecular formula is C17H19F2N. The summed E-state index contributed by atoms with van der Waals surface area (Å²) in [6.45, 7) is 6.14. The van der Waals surface area contributed by atoms with Crippen LogP contribution in [0.2, 0.25) is 0 Å². The highest BCUT2D eigenvalue weighted by Gasteiger charge is 2.18. The van der Waals surface area contributed by atoms with Gasteiger partial charge < -0.3 is 5.32 Å². The van der Waals surface area contributed by atoms with Crippen LogP contribution < -0.4 is 5.32 Å². The molecule has 1 atom stereocenters. The smallest absolute Gasteiger partial charge is 0.131 e. The van der Waals surface area contributed by atoms with Crippen molar-refractivity contribution >= 4 is 0 Å². The van der Waals surface area contributed by atoms with Gasteiger partial charge in [-0.15, -0.1) is 0 Å². The molecule has 1 N–H and O–H groups in total. The monoisotopic (exact) mass is 275 g/mol. The molecule has 2 aromatic carbocycles. The molecule has 0 fully saturated rings. The predicted octanol–water partition coefficient (Wildman–Crippen LogP) is 4.28. The zero-order valence-corrected chi connectivity index (χ0v) is 12.0. The molecule has 20 heavy (non-hydrogen) atoms. The molecule has 3 heteroatoms. The Morgan fingerprint density at radius 3 is 2.45 bits per heavy atom. The first-order valence-electron chi connectivity index (χ1n) is 6.79. The van der Waals surface area contributed by atoms with Gasteiger partial charge in [0.2, 0.25) is 0 Å². The second-order valence-corrected chi connectivity index (χ2v) is 4.98. The lowest BCUT2D eigenvalue weighted by atomic mass is 9.95. The molecule has 0 bridgehead atoms. The number of benzene rings is 2. The van der Waals surface area contributed by atoms with Crippen molar-refractivity contribution in [2.45, 2.75) is 26.8 Å². The zero-order chi connectivity index (χ0) is 14.7. The van der Waals surface area contributed by atoms with Crippen LogP contribution in [-0.4, -0.2) is 6.54 Å². The summed E-state index contributed by atoms with van der Waals surface area (Å²) in [6.07, 6.45) is 0. The maximum atomic E-state index is 14.3. The molecular weight excluding hydrogens is 256 g/mol. The lowest BCUT2D eigenvalue weighted by molar-refractivity contribution is 0.552. The first-order chi connectivity index (χ1) is 9.54. The summed E-state index contributed by atoms with van der Waals surface area (Å²) in [5.74, 6) is -0.450. The van der Waals surface area contributed by atoms with Crippen LogP contribution >= 0.6 is 0 Å². The lowest BCUT2D eigenvalue weighted by Crippen LogP contribution is -2.23. The third-order valence-electron chi connectivity index (χ3n) is 3.46. The van der Waals surface area contributed by atoms with Gasteiger partial charge in [0.25, 0.3) is 0 Å². The minimum Gasteiger partial charge on any atom is -0.306 e. The number of aryl methyl sites for hydroxylation is 2. The van der Waals surface area contributed by atoms with E-state index in [9.17, 15) is 8.78 Å². The van der Waals surface area contributed by atoms with E-state index in [0.29, 0.717) is 23.2 Å². The molecule has 0 amide bonds. The molecule has 0 radical (unpaired) electrons. The van der Waals surface area contributed by atoms with E-state index in [1.54, 1.807) is 38.1 Å². The first-order valence-corrected chi connectivity index (χ1v) is 6.79. The van der Waals surface area contributed by atoms with Crippen LogP contribution in [0.25, 0.3) is 0 Å². The molecule has 0 saturated heterocycles. The summed E-state index contributed by atoms with van der Waals surface area (Å²) in [4.78, 5) is 0. The van der Waals surface area contributed by atoms with Crippen molar-refractivity contribution in [2.75, 3.05) is 6.54 Å². The van der Waals surface area contributed by atoms with Crippen molar-refractivity contribution in [3.8, 4) is 0 Å². The van der Waals surface area contributed by atoms with Crippen molar-refractivity contribution in [3.05, 3.63) is 70.3 Å². The summed E-state index contributed by atoms with van der Waals surface area (Å²) >= 11 is 0. The Morgan fingerprint density at radius 2 is 1.80 bits per heavy atom. The summed E-state index contributed by atoms with van der Waals surface area (Å²) in [6, 6.07) is 10.0. The Balaban J connectivity index is 2.50. The molecule has 0 heterocycles. The summed E-state index contributed by atoms with van der Waals surface area (Å²) in [7, 11) is 0. The molecule has 2 rings (SSSR count). The van der Waals surface area contributed by atoms with Crippen molar-refractivity contribution < 1.29 is 8.78 Å². The molecule has 1 unspecified atom stereocenters. The van der Waals surface area contributed by atoms with Gasteiger partial charge in [0.1, 0.15) is 11.6 Å². The van der Waals surface area contributed by atoms with Gasteiger partial charge in [0, 0.05) is 5.56 Å². The molecule has 0 aliphatic carbocycles. The molecule has 0 aliphatic rings. The van der Waals surface area contributed by atoms with E-state index < -0.39 is 0 Å². The highest BCUT2D eigenvalue weighted by molar-refractivity contribution is 5.37. The Morgan fingerprint density at radius 1 is 1.05 bits per heavy atom. The normalized spacial score (nSPS) is 12.4. The predicted molar refractivity (Wildman–Crippen MR) is 77.8 cm³/mol. The van der Waals surface area contributed by atoms with Crippen molar-refractivity contribution in [1.82, 2.24) is 5.32 Å². The van der Waals surface area contributed by atoms with Crippen molar-refractivity contribution in [3.63, 3.8) is 0 Å². The van der Waals surface area contributed by atoms with Crippen LogP contribution in [0.5, 0.6) is 0 Å². The fraction of sp³-hybridized carbons (Fsp3) is 0.294. The van der Waals surface area contributed by atoms with Crippen LogP contribution in [0.3, 0.4) is 0 Å². The fourth-order valence-corrected chi connectivity index (χ4v) is 2.35. The summed E-state index contributed by atoms with van der Waals surface area (Å²) in [5.41, 5.74) is 2.65. The number of halogens is 2. The van der Waals surface area contributed by atoms with Gasteiger partial charge >= 0.3 is 0 Å². The molecule has 0 saturated carbocycles. The minimum atomic E-state index is -0.265. The number of nitrogens with one attached hydrogen (secondary N) is 1. The van der Waals surface area contributed by atoms with E-state index in [-0.39, 0.29) is 17.7 Å². The highest BCUT2D eigenvalue weighted by atomic mass is 19.1. The zero-order valence-electron chi connectivity index (χ0n) is 12.0. The van der Waals surface area contributed by atoms with Crippen LogP contribution in [0.1, 0.15) is 35.2 Å². The van der Waals surface area contributed by atoms with Gasteiger partial charge in [-0.3, -0.25) is 0 Å². The second kappa shape index (κ2) is 6.14. The Hall–Kier alpha value is -1.74. The second-order valence-electron chi connectivity index (χ2n) is 4.98. The quantitative estimate of drug-likeness (QED) is 0.878. The largest absolute Gasteiger partial charge is 0.306 e. The van der Waals surface area contributed by atoms with Crippen LogP contribution in [0.15, 0.2) is 36.4 Å². The topological polar surface area (TPSA) is 12.0 Å². The fourth-order valence-electron chi connectivity index (χ4n) is 2.35. The third kappa shape index (κ3) is 2.88. The molecule has 106 valence electrons. The standard InChI is InChI=1S/C17H19F2N/c1-4-20-17(13-8-9-15(18)12(3)10-13)14-7-5-6-11(2)16(14)19/h5-10,17,20H,4H2,1-3H3. The first kappa shape index (κ1) is 14.7. The van der Waals surface area contributed by atoms with E-state index in [1.165, 1.54) is 6.07 Å². The van der Waals surface area contributed by atoms with E-state index in [2.05, 4.69) is 5.32 Å². The summed E-state index contributed by atoms with van der Waals surface area (Å²) < 4.78 is 27.7. The SMILES string of the molecule is CCNC(c1ccc(F)c(C)c1)c1cccc(C)c1F. The highest BCUT2D eigenvalue weighted by Crippen LogP contribution is 2.27. The van der Waals surface area contributed by atoms with Gasteiger partial charge in [-0.2, -0.15) is 0 Å². The Kier molecular flexibility index (Phi) is 4.50. The maximum absolute atomic E-state index is 14.3. The Labute approximate surface area is 118 Å². The van der Waals surface area contributed by atoms with Crippen LogP contribution in [-0.2, 0) is 0 Å². The van der Waals surface area contributed by atoms with E-state index in [4.69, 9.17) is 0 Å². The van der Waals surface area contributed by atoms with Gasteiger partial charge in [-0.25, -0.2) is 8.78 Å². The molecule has 0 aromatic heterocycles. The average Bonchev–Trinajstić information content (AvgIpc) is 2.43. The molecule has 2 aromatic rings. The maximum Gasteiger partial charge on any atom is 0.131 e. The number of hydrogen-bond acceptors (Lipinski definition) is 1. The summed E-state index contributed by atoms with van der Waals surface area (Å²) in [5, 5.41) is 3.27. The van der Waals surface area contributed by atoms with Crippen molar-refractivity contribution in [2.24, 2.45) is 0 Å². The van der Waals surface area contributed by atoms with Crippen LogP contribution in [0.4, 0.5) is 8.78 Å². The average molecular weight is 275 g/mol. The van der Waals surface area contributed by atoms with Crippen LogP contribution in [0, 0.1) is 25.5 Å². The minimum absolute atomic E-state index is 0.208. The van der Waals surface area contributed by atoms with E-state index >= 15 is 0 Å². The molecule has 1 nitrogen and oxygen atoms in total. The van der Waals surface area contributed by atoms with E-state index in [1.807, 2.05) is 13.0 Å². The molecule has 0 aliphatic heterocycles. The lowest BCUT2D eigenvalue weighted by Gasteiger charge is -2.21. The number of rotatable bonds is 4. The van der Waals surface area contributed by atoms with Gasteiger partial charge in [0.05, 0.1) is 6.04 Å². The van der Waals surface area contributed by atoms with Gasteiger partial charge in [-0.05, 0) is 43.1 Å². The Bertz CT molecular complexity index is 608. The van der Waals surface area contributed by atoms with Gasteiger partial charge in [-0.1, -0.05) is 37.3 Å². The van der Waals surface area contributed by atoms with Gasteiger partial charge in [0.15, 0.2) is 0 Å².